The van der Waals surface area contributed by atoms with Crippen LogP contribution >= 0.6 is 28.1 Å². The van der Waals surface area contributed by atoms with Gasteiger partial charge in [0.2, 0.25) is 0 Å². The first-order chi connectivity index (χ1) is 6.95. The zero-order valence-corrected chi connectivity index (χ0v) is 11.7. The second-order valence-electron chi connectivity index (χ2n) is 3.93. The second-order valence-corrected chi connectivity index (χ2v) is 5.26. The van der Waals surface area contributed by atoms with Gasteiger partial charge in [-0.3, -0.25) is 0 Å². The van der Waals surface area contributed by atoms with E-state index in [1.165, 1.54) is 11.1 Å². The van der Waals surface area contributed by atoms with Gasteiger partial charge in [-0.05, 0) is 30.0 Å². The Morgan fingerprint density at radius 2 is 2.00 bits per heavy atom. The van der Waals surface area contributed by atoms with Gasteiger partial charge in [0.05, 0.1) is 4.99 Å². The van der Waals surface area contributed by atoms with Gasteiger partial charge in [0.15, 0.2) is 0 Å². The summed E-state index contributed by atoms with van der Waals surface area (Å²) in [7, 11) is 0. The van der Waals surface area contributed by atoms with E-state index in [9.17, 15) is 0 Å². The lowest BCUT2D eigenvalue weighted by atomic mass is 9.86. The van der Waals surface area contributed by atoms with Crippen LogP contribution in [0.2, 0.25) is 0 Å². The number of halogens is 1. The van der Waals surface area contributed by atoms with Gasteiger partial charge in [-0.15, -0.1) is 0 Å². The molecule has 0 bridgehead atoms. The second kappa shape index (κ2) is 5.08. The molecule has 2 atom stereocenters. The Bertz CT molecular complexity index is 376. The molecular formula is C12H16BrNS. The van der Waals surface area contributed by atoms with Crippen LogP contribution < -0.4 is 5.73 Å². The smallest absolute Gasteiger partial charge is 0.0761 e. The van der Waals surface area contributed by atoms with Crippen molar-refractivity contribution in [1.29, 1.82) is 0 Å². The summed E-state index contributed by atoms with van der Waals surface area (Å²) in [5, 5.41) is 0. The fourth-order valence-corrected chi connectivity index (χ4v) is 2.22. The zero-order valence-electron chi connectivity index (χ0n) is 9.25. The summed E-state index contributed by atoms with van der Waals surface area (Å²) in [5.41, 5.74) is 8.26. The van der Waals surface area contributed by atoms with Gasteiger partial charge in [0.25, 0.3) is 0 Å². The predicted molar refractivity (Wildman–Crippen MR) is 73.2 cm³/mol. The van der Waals surface area contributed by atoms with E-state index < -0.39 is 0 Å². The highest BCUT2D eigenvalue weighted by molar-refractivity contribution is 9.10. The van der Waals surface area contributed by atoms with Gasteiger partial charge < -0.3 is 5.73 Å². The normalized spacial score (nSPS) is 14.7. The molecule has 0 aliphatic heterocycles. The Morgan fingerprint density at radius 3 is 2.53 bits per heavy atom. The molecule has 0 saturated heterocycles. The molecular weight excluding hydrogens is 270 g/mol. The van der Waals surface area contributed by atoms with Crippen molar-refractivity contribution in [3.8, 4) is 0 Å². The van der Waals surface area contributed by atoms with E-state index in [0.29, 0.717) is 10.9 Å². The van der Waals surface area contributed by atoms with Gasteiger partial charge in [0.1, 0.15) is 0 Å². The summed E-state index contributed by atoms with van der Waals surface area (Å²) < 4.78 is 1.14. The number of rotatable bonds is 3. The highest BCUT2D eigenvalue weighted by atomic mass is 79.9. The minimum absolute atomic E-state index is 0.230. The summed E-state index contributed by atoms with van der Waals surface area (Å²) in [6.45, 7) is 6.36. The van der Waals surface area contributed by atoms with E-state index in [0.717, 1.165) is 4.47 Å². The van der Waals surface area contributed by atoms with E-state index in [1.54, 1.807) is 0 Å². The Hall–Kier alpha value is -0.410. The van der Waals surface area contributed by atoms with Gasteiger partial charge in [-0.1, -0.05) is 54.1 Å². The van der Waals surface area contributed by atoms with Crippen molar-refractivity contribution in [3.05, 3.63) is 33.8 Å². The van der Waals surface area contributed by atoms with Gasteiger partial charge in [0, 0.05) is 10.4 Å². The van der Waals surface area contributed by atoms with Crippen molar-refractivity contribution in [2.75, 3.05) is 0 Å². The lowest BCUT2D eigenvalue weighted by Gasteiger charge is -2.21. The molecule has 1 rings (SSSR count). The van der Waals surface area contributed by atoms with Crippen LogP contribution in [0.25, 0.3) is 0 Å². The maximum absolute atomic E-state index is 5.68. The Morgan fingerprint density at radius 1 is 1.40 bits per heavy atom. The number of nitrogens with two attached hydrogens (primary N) is 1. The van der Waals surface area contributed by atoms with Crippen molar-refractivity contribution < 1.29 is 0 Å². The third kappa shape index (κ3) is 2.79. The van der Waals surface area contributed by atoms with Gasteiger partial charge in [-0.25, -0.2) is 0 Å². The maximum Gasteiger partial charge on any atom is 0.0761 e. The highest BCUT2D eigenvalue weighted by Crippen LogP contribution is 2.30. The van der Waals surface area contributed by atoms with Crippen LogP contribution in [0.3, 0.4) is 0 Å². The molecule has 0 radical (unpaired) electrons. The van der Waals surface area contributed by atoms with Crippen LogP contribution in [0.1, 0.15) is 30.9 Å². The first-order valence-electron chi connectivity index (χ1n) is 4.99. The third-order valence-electron chi connectivity index (χ3n) is 3.00. The minimum Gasteiger partial charge on any atom is -0.393 e. The first kappa shape index (κ1) is 12.7. The molecule has 1 aromatic rings. The standard InChI is InChI=1S/C12H16BrNS/c1-7(8(2)12(14)15)10-5-4-6-11(13)9(10)3/h4-8H,1-3H3,(H2,14,15). The van der Waals surface area contributed by atoms with Crippen LogP contribution in [0.15, 0.2) is 22.7 Å². The van der Waals surface area contributed by atoms with E-state index in [4.69, 9.17) is 18.0 Å². The van der Waals surface area contributed by atoms with Crippen LogP contribution in [-0.2, 0) is 0 Å². The summed E-state index contributed by atoms with van der Waals surface area (Å²) in [6.07, 6.45) is 0. The highest BCUT2D eigenvalue weighted by Gasteiger charge is 2.18. The van der Waals surface area contributed by atoms with Crippen LogP contribution in [-0.4, -0.2) is 4.99 Å². The third-order valence-corrected chi connectivity index (χ3v) is 4.23. The lowest BCUT2D eigenvalue weighted by molar-refractivity contribution is 0.623. The van der Waals surface area contributed by atoms with Gasteiger partial charge >= 0.3 is 0 Å². The molecule has 0 aliphatic rings. The topological polar surface area (TPSA) is 26.0 Å². The Balaban J connectivity index is 3.06. The molecule has 0 amide bonds. The van der Waals surface area contributed by atoms with Crippen molar-refractivity contribution >= 4 is 33.1 Å². The summed E-state index contributed by atoms with van der Waals surface area (Å²) >= 11 is 8.57. The zero-order chi connectivity index (χ0) is 11.6. The summed E-state index contributed by atoms with van der Waals surface area (Å²) in [5.74, 6) is 0.591. The lowest BCUT2D eigenvalue weighted by Crippen LogP contribution is -2.23. The van der Waals surface area contributed by atoms with E-state index in [1.807, 2.05) is 0 Å². The van der Waals surface area contributed by atoms with Crippen LogP contribution in [0.5, 0.6) is 0 Å². The fourth-order valence-electron chi connectivity index (χ4n) is 1.63. The van der Waals surface area contributed by atoms with Crippen molar-refractivity contribution in [3.63, 3.8) is 0 Å². The van der Waals surface area contributed by atoms with Crippen LogP contribution in [0, 0.1) is 12.8 Å². The van der Waals surface area contributed by atoms with Gasteiger partial charge in [-0.2, -0.15) is 0 Å². The predicted octanol–water partition coefficient (Wildman–Crippen LogP) is 3.78. The monoisotopic (exact) mass is 285 g/mol. The van der Waals surface area contributed by atoms with E-state index in [2.05, 4.69) is 54.9 Å². The number of hydrogen-bond acceptors (Lipinski definition) is 1. The molecule has 0 aromatic heterocycles. The molecule has 3 heteroatoms. The molecule has 82 valence electrons. The molecule has 0 spiro atoms. The number of benzene rings is 1. The van der Waals surface area contributed by atoms with Crippen molar-refractivity contribution in [2.45, 2.75) is 26.7 Å². The molecule has 1 aromatic carbocycles. The minimum atomic E-state index is 0.230. The number of thiocarbonyl (C=S) groups is 1. The van der Waals surface area contributed by atoms with Crippen LogP contribution in [0.4, 0.5) is 0 Å². The summed E-state index contributed by atoms with van der Waals surface area (Å²) in [6, 6.07) is 6.24. The average molecular weight is 286 g/mol. The average Bonchev–Trinajstić information content (AvgIpc) is 2.20. The molecule has 2 unspecified atom stereocenters. The Kier molecular flexibility index (Phi) is 4.29. The molecule has 0 fully saturated rings. The molecule has 2 N–H and O–H groups in total. The number of hydrogen-bond donors (Lipinski definition) is 1. The largest absolute Gasteiger partial charge is 0.393 e. The molecule has 0 heterocycles. The molecule has 0 saturated carbocycles. The maximum atomic E-state index is 5.68. The molecule has 0 aliphatic carbocycles. The first-order valence-corrected chi connectivity index (χ1v) is 6.19. The van der Waals surface area contributed by atoms with Crippen molar-refractivity contribution in [1.82, 2.24) is 0 Å². The van der Waals surface area contributed by atoms with E-state index >= 15 is 0 Å². The Labute approximate surface area is 105 Å². The SMILES string of the molecule is Cc1c(Br)cccc1C(C)C(C)C(N)=S. The molecule has 15 heavy (non-hydrogen) atoms. The fraction of sp³-hybridized carbons (Fsp3) is 0.417. The molecule has 1 nitrogen and oxygen atoms in total. The van der Waals surface area contributed by atoms with Crippen molar-refractivity contribution in [2.24, 2.45) is 11.7 Å². The quantitative estimate of drug-likeness (QED) is 0.856. The van der Waals surface area contributed by atoms with E-state index in [-0.39, 0.29) is 5.92 Å². The summed E-state index contributed by atoms with van der Waals surface area (Å²) in [4.78, 5) is 0.585.